The van der Waals surface area contributed by atoms with Crippen LogP contribution in [0, 0.1) is 0 Å². The lowest BCUT2D eigenvalue weighted by Crippen LogP contribution is -2.42. The maximum atomic E-state index is 12.7. The van der Waals surface area contributed by atoms with Gasteiger partial charge in [0.15, 0.2) is 0 Å². The summed E-state index contributed by atoms with van der Waals surface area (Å²) in [6, 6.07) is 23.9. The Morgan fingerprint density at radius 1 is 1.00 bits per heavy atom. The van der Waals surface area contributed by atoms with Crippen LogP contribution < -0.4 is 5.32 Å². The van der Waals surface area contributed by atoms with Crippen LogP contribution in [0.3, 0.4) is 0 Å². The van der Waals surface area contributed by atoms with Gasteiger partial charge in [0.2, 0.25) is 0 Å². The van der Waals surface area contributed by atoms with Gasteiger partial charge in [0.05, 0.1) is 12.6 Å². The summed E-state index contributed by atoms with van der Waals surface area (Å²) in [5.41, 5.74) is 2.09. The topological polar surface area (TPSA) is 52.6 Å². The van der Waals surface area contributed by atoms with Crippen molar-refractivity contribution in [3.8, 4) is 0 Å². The second-order valence-electron chi connectivity index (χ2n) is 6.41. The van der Waals surface area contributed by atoms with E-state index in [1.807, 2.05) is 55.5 Å². The van der Waals surface area contributed by atoms with Crippen LogP contribution in [0.15, 0.2) is 72.8 Å². The average Bonchev–Trinajstić information content (AvgIpc) is 2.68. The van der Waals surface area contributed by atoms with Crippen LogP contribution in [0.1, 0.15) is 24.1 Å². The maximum Gasteiger partial charge on any atom is 0.318 e. The number of rotatable bonds is 6. The molecule has 2 amide bonds. The Bertz CT molecular complexity index is 864. The Balaban J connectivity index is 1.70. The third kappa shape index (κ3) is 4.41. The highest BCUT2D eigenvalue weighted by atomic mass is 16.3. The van der Waals surface area contributed by atoms with E-state index < -0.39 is 0 Å². The highest BCUT2D eigenvalue weighted by Crippen LogP contribution is 2.20. The van der Waals surface area contributed by atoms with Gasteiger partial charge in [0, 0.05) is 13.1 Å². The van der Waals surface area contributed by atoms with Crippen LogP contribution in [0.4, 0.5) is 4.79 Å². The van der Waals surface area contributed by atoms with Crippen molar-refractivity contribution in [2.75, 3.05) is 13.2 Å². The van der Waals surface area contributed by atoms with Crippen molar-refractivity contribution in [1.29, 1.82) is 0 Å². The van der Waals surface area contributed by atoms with Crippen LogP contribution in [-0.2, 0) is 6.54 Å². The number of nitrogens with zero attached hydrogens (tertiary/aromatic N) is 1. The van der Waals surface area contributed by atoms with E-state index in [1.54, 1.807) is 4.90 Å². The Morgan fingerprint density at radius 3 is 2.42 bits per heavy atom. The zero-order chi connectivity index (χ0) is 18.4. The normalized spacial score (nSPS) is 11.9. The fraction of sp³-hybridized carbons (Fsp3) is 0.227. The number of aliphatic hydroxyl groups excluding tert-OH is 1. The zero-order valence-corrected chi connectivity index (χ0v) is 14.9. The lowest BCUT2D eigenvalue weighted by molar-refractivity contribution is 0.171. The number of aliphatic hydroxyl groups is 1. The van der Waals surface area contributed by atoms with Gasteiger partial charge in [-0.05, 0) is 34.9 Å². The maximum absolute atomic E-state index is 12.7. The number of amides is 2. The molecule has 4 nitrogen and oxygen atoms in total. The standard InChI is InChI=1S/C22H24N2O2/c1-17(20-12-11-19-9-5-6-10-21(19)15-20)23-22(26)24(13-14-25)16-18-7-3-2-4-8-18/h2-12,15,17,25H,13-14,16H2,1H3,(H,23,26)/t17-/m1/s1. The van der Waals surface area contributed by atoms with E-state index in [0.717, 1.165) is 16.5 Å². The quantitative estimate of drug-likeness (QED) is 0.704. The van der Waals surface area contributed by atoms with Crippen molar-refractivity contribution in [2.24, 2.45) is 0 Å². The van der Waals surface area contributed by atoms with Gasteiger partial charge < -0.3 is 15.3 Å². The molecule has 0 saturated carbocycles. The number of carbonyl (C=O) groups excluding carboxylic acids is 1. The van der Waals surface area contributed by atoms with Crippen LogP contribution in [0.2, 0.25) is 0 Å². The summed E-state index contributed by atoms with van der Waals surface area (Å²) >= 11 is 0. The van der Waals surface area contributed by atoms with Crippen molar-refractivity contribution >= 4 is 16.8 Å². The molecule has 0 aliphatic carbocycles. The molecule has 0 spiro atoms. The lowest BCUT2D eigenvalue weighted by atomic mass is 10.0. The van der Waals surface area contributed by atoms with Crippen LogP contribution >= 0.6 is 0 Å². The summed E-state index contributed by atoms with van der Waals surface area (Å²) in [6.45, 7) is 2.68. The number of nitrogens with one attached hydrogen (secondary N) is 1. The summed E-state index contributed by atoms with van der Waals surface area (Å²) in [4.78, 5) is 14.3. The first-order valence-electron chi connectivity index (χ1n) is 8.86. The van der Waals surface area contributed by atoms with E-state index in [2.05, 4.69) is 29.6 Å². The number of carbonyl (C=O) groups is 1. The molecule has 3 aromatic carbocycles. The van der Waals surface area contributed by atoms with Crippen molar-refractivity contribution in [3.05, 3.63) is 83.9 Å². The molecule has 4 heteroatoms. The molecule has 0 heterocycles. The highest BCUT2D eigenvalue weighted by Gasteiger charge is 2.17. The molecule has 0 aliphatic heterocycles. The van der Waals surface area contributed by atoms with Gasteiger partial charge in [-0.3, -0.25) is 0 Å². The minimum atomic E-state index is -0.177. The predicted octanol–water partition coefficient (Wildman–Crippen LogP) is 4.10. The minimum Gasteiger partial charge on any atom is -0.395 e. The average molecular weight is 348 g/mol. The molecule has 0 radical (unpaired) electrons. The molecule has 0 fully saturated rings. The molecule has 2 N–H and O–H groups in total. The largest absolute Gasteiger partial charge is 0.395 e. The van der Waals surface area contributed by atoms with Crippen molar-refractivity contribution in [1.82, 2.24) is 10.2 Å². The number of hydrogen-bond acceptors (Lipinski definition) is 2. The Morgan fingerprint density at radius 2 is 1.69 bits per heavy atom. The number of urea groups is 1. The van der Waals surface area contributed by atoms with Crippen LogP contribution in [0.25, 0.3) is 10.8 Å². The van der Waals surface area contributed by atoms with Gasteiger partial charge in [-0.25, -0.2) is 4.79 Å². The third-order valence-corrected chi connectivity index (χ3v) is 4.49. The minimum absolute atomic E-state index is 0.0649. The first-order valence-corrected chi connectivity index (χ1v) is 8.86. The van der Waals surface area contributed by atoms with Gasteiger partial charge in [-0.15, -0.1) is 0 Å². The third-order valence-electron chi connectivity index (χ3n) is 4.49. The van der Waals surface area contributed by atoms with Gasteiger partial charge >= 0.3 is 6.03 Å². The van der Waals surface area contributed by atoms with E-state index in [9.17, 15) is 9.90 Å². The fourth-order valence-corrected chi connectivity index (χ4v) is 3.01. The Labute approximate surface area is 154 Å². The fourth-order valence-electron chi connectivity index (χ4n) is 3.01. The molecule has 26 heavy (non-hydrogen) atoms. The number of benzene rings is 3. The molecule has 1 atom stereocenters. The first kappa shape index (κ1) is 18.0. The van der Waals surface area contributed by atoms with E-state index >= 15 is 0 Å². The monoisotopic (exact) mass is 348 g/mol. The van der Waals surface area contributed by atoms with Crippen molar-refractivity contribution < 1.29 is 9.90 Å². The smallest absolute Gasteiger partial charge is 0.318 e. The van der Waals surface area contributed by atoms with E-state index in [1.165, 1.54) is 5.39 Å². The van der Waals surface area contributed by atoms with Gasteiger partial charge in [-0.2, -0.15) is 0 Å². The molecule has 134 valence electrons. The summed E-state index contributed by atoms with van der Waals surface area (Å²) in [7, 11) is 0. The van der Waals surface area contributed by atoms with Crippen molar-refractivity contribution in [2.45, 2.75) is 19.5 Å². The lowest BCUT2D eigenvalue weighted by Gasteiger charge is -2.25. The SMILES string of the molecule is C[C@@H](NC(=O)N(CCO)Cc1ccccc1)c1ccc2ccccc2c1. The second kappa shape index (κ2) is 8.50. The van der Waals surface area contributed by atoms with Gasteiger partial charge in [0.25, 0.3) is 0 Å². The summed E-state index contributed by atoms with van der Waals surface area (Å²) < 4.78 is 0. The van der Waals surface area contributed by atoms with E-state index in [4.69, 9.17) is 0 Å². The second-order valence-corrected chi connectivity index (χ2v) is 6.41. The summed E-state index contributed by atoms with van der Waals surface area (Å²) in [5.74, 6) is 0. The van der Waals surface area contributed by atoms with E-state index in [0.29, 0.717) is 13.1 Å². The molecule has 0 aromatic heterocycles. The molecule has 0 saturated heterocycles. The van der Waals surface area contributed by atoms with E-state index in [-0.39, 0.29) is 18.7 Å². The number of hydrogen-bond donors (Lipinski definition) is 2. The Kier molecular flexibility index (Phi) is 5.87. The summed E-state index contributed by atoms with van der Waals surface area (Å²) in [6.07, 6.45) is 0. The van der Waals surface area contributed by atoms with Crippen LogP contribution in [-0.4, -0.2) is 29.2 Å². The molecule has 0 unspecified atom stereocenters. The molecule has 3 rings (SSSR count). The Hall–Kier alpha value is -2.85. The predicted molar refractivity (Wildman–Crippen MR) is 105 cm³/mol. The molecule has 0 aliphatic rings. The summed E-state index contributed by atoms with van der Waals surface area (Å²) in [5, 5.41) is 14.7. The molecular formula is C22H24N2O2. The first-order chi connectivity index (χ1) is 12.7. The highest BCUT2D eigenvalue weighted by molar-refractivity contribution is 5.83. The van der Waals surface area contributed by atoms with Crippen molar-refractivity contribution in [3.63, 3.8) is 0 Å². The number of fused-ring (bicyclic) bond motifs is 1. The molecule has 0 bridgehead atoms. The zero-order valence-electron chi connectivity index (χ0n) is 14.9. The molecular weight excluding hydrogens is 324 g/mol. The molecule has 3 aromatic rings. The van der Waals surface area contributed by atoms with Crippen LogP contribution in [0.5, 0.6) is 0 Å². The van der Waals surface area contributed by atoms with Gasteiger partial charge in [0.1, 0.15) is 0 Å². The van der Waals surface area contributed by atoms with Gasteiger partial charge in [-0.1, -0.05) is 66.7 Å².